The minimum absolute atomic E-state index is 0.238. The van der Waals surface area contributed by atoms with Crippen LogP contribution in [0.25, 0.3) is 0 Å². The third-order valence-corrected chi connectivity index (χ3v) is 4.02. The molecule has 10 heteroatoms. The van der Waals surface area contributed by atoms with E-state index in [0.29, 0.717) is 5.56 Å². The summed E-state index contributed by atoms with van der Waals surface area (Å²) in [6.45, 7) is 0. The highest BCUT2D eigenvalue weighted by molar-refractivity contribution is 6.04. The Morgan fingerprint density at radius 1 is 0.742 bits per heavy atom. The Morgan fingerprint density at radius 2 is 1.23 bits per heavy atom. The molecule has 0 unspecified atom stereocenters. The van der Waals surface area contributed by atoms with Crippen molar-refractivity contribution in [1.82, 2.24) is 0 Å². The van der Waals surface area contributed by atoms with Gasteiger partial charge in [-0.1, -0.05) is 0 Å². The topological polar surface area (TPSA) is 79.2 Å². The van der Waals surface area contributed by atoms with Gasteiger partial charge >= 0.3 is 5.97 Å². The van der Waals surface area contributed by atoms with Gasteiger partial charge in [0.1, 0.15) is 0 Å². The Kier molecular flexibility index (Phi) is 5.97. The van der Waals surface area contributed by atoms with Crippen molar-refractivity contribution < 1.29 is 36.3 Å². The highest BCUT2D eigenvalue weighted by Gasteiger charge is 2.28. The van der Waals surface area contributed by atoms with E-state index in [2.05, 4.69) is 10.1 Å². The Hall–Kier alpha value is -4.26. The number of esters is 1. The molecule has 0 saturated heterocycles. The van der Waals surface area contributed by atoms with Gasteiger partial charge in [-0.3, -0.25) is 4.79 Å². The summed E-state index contributed by atoms with van der Waals surface area (Å²) in [5.41, 5.74) is 0.587. The second-order valence-electron chi connectivity index (χ2n) is 6.01. The second-order valence-corrected chi connectivity index (χ2v) is 6.01. The van der Waals surface area contributed by atoms with E-state index in [4.69, 9.17) is 5.26 Å². The Labute approximate surface area is 171 Å². The van der Waals surface area contributed by atoms with E-state index in [9.17, 15) is 31.5 Å². The van der Waals surface area contributed by atoms with Gasteiger partial charge in [0.2, 0.25) is 34.8 Å². The van der Waals surface area contributed by atoms with Crippen LogP contribution in [0.4, 0.5) is 27.6 Å². The number of rotatable bonds is 4. The maximum atomic E-state index is 13.6. The fraction of sp³-hybridized carbons (Fsp3) is 0. The second kappa shape index (κ2) is 8.62. The zero-order valence-electron chi connectivity index (χ0n) is 15.2. The van der Waals surface area contributed by atoms with Crippen LogP contribution in [-0.4, -0.2) is 11.9 Å². The number of nitriles is 1. The predicted octanol–water partition coefficient (Wildman–Crippen LogP) is 4.73. The Morgan fingerprint density at radius 3 is 1.74 bits per heavy atom. The molecular formula is C21H9F5N2O3. The number of hydrogen-bond donors (Lipinski definition) is 1. The lowest BCUT2D eigenvalue weighted by molar-refractivity contribution is 0.0716. The van der Waals surface area contributed by atoms with Crippen molar-refractivity contribution in [2.45, 2.75) is 0 Å². The number of carbonyl (C=O) groups is 2. The number of halogens is 5. The van der Waals surface area contributed by atoms with Gasteiger partial charge in [0.15, 0.2) is 0 Å². The fourth-order valence-electron chi connectivity index (χ4n) is 2.42. The van der Waals surface area contributed by atoms with Crippen LogP contribution in [0.3, 0.4) is 0 Å². The lowest BCUT2D eigenvalue weighted by Crippen LogP contribution is -2.14. The number of hydrogen-bond acceptors (Lipinski definition) is 4. The molecule has 0 spiro atoms. The largest absolute Gasteiger partial charge is 0.416 e. The number of nitrogens with zero attached hydrogens (tertiary/aromatic N) is 1. The van der Waals surface area contributed by atoms with E-state index in [1.165, 1.54) is 36.4 Å². The Bertz CT molecular complexity index is 1190. The lowest BCUT2D eigenvalue weighted by atomic mass is 10.1. The van der Waals surface area contributed by atoms with Gasteiger partial charge in [0, 0.05) is 11.3 Å². The zero-order valence-corrected chi connectivity index (χ0v) is 15.2. The maximum absolute atomic E-state index is 13.6. The van der Waals surface area contributed by atoms with Gasteiger partial charge in [-0.2, -0.15) is 14.0 Å². The summed E-state index contributed by atoms with van der Waals surface area (Å²) >= 11 is 0. The van der Waals surface area contributed by atoms with Gasteiger partial charge in [-0.25, -0.2) is 18.0 Å². The van der Waals surface area contributed by atoms with Crippen molar-refractivity contribution >= 4 is 17.6 Å². The molecule has 0 aromatic heterocycles. The molecule has 0 aliphatic carbocycles. The third-order valence-electron chi connectivity index (χ3n) is 4.02. The number of carbonyl (C=O) groups excluding carboxylic acids is 2. The smallest absolute Gasteiger partial charge is 0.343 e. The highest BCUT2D eigenvalue weighted by atomic mass is 19.2. The molecule has 0 heterocycles. The molecule has 0 radical (unpaired) electrons. The van der Waals surface area contributed by atoms with Crippen LogP contribution in [0.1, 0.15) is 26.3 Å². The first-order chi connectivity index (χ1) is 14.7. The number of amides is 1. The van der Waals surface area contributed by atoms with E-state index in [-0.39, 0.29) is 16.8 Å². The summed E-state index contributed by atoms with van der Waals surface area (Å²) in [5, 5.41) is 11.3. The molecule has 31 heavy (non-hydrogen) atoms. The van der Waals surface area contributed by atoms with E-state index >= 15 is 0 Å². The SMILES string of the molecule is N#Cc1ccc(C(=O)Nc2ccc(C(=O)Oc3c(F)c(F)c(F)c(F)c3F)cc2)cc1. The van der Waals surface area contributed by atoms with Crippen molar-refractivity contribution in [1.29, 1.82) is 5.26 Å². The van der Waals surface area contributed by atoms with Crippen molar-refractivity contribution in [3.05, 3.63) is 94.3 Å². The van der Waals surface area contributed by atoms with Crippen LogP contribution < -0.4 is 10.1 Å². The number of nitrogens with one attached hydrogen (secondary N) is 1. The first kappa shape index (κ1) is 21.4. The predicted molar refractivity (Wildman–Crippen MR) is 96.7 cm³/mol. The molecule has 0 saturated carbocycles. The highest BCUT2D eigenvalue weighted by Crippen LogP contribution is 2.29. The Balaban J connectivity index is 1.74. The van der Waals surface area contributed by atoms with Crippen LogP contribution >= 0.6 is 0 Å². The molecule has 0 aliphatic heterocycles. The fourth-order valence-corrected chi connectivity index (χ4v) is 2.42. The molecule has 1 amide bonds. The van der Waals surface area contributed by atoms with Crippen molar-refractivity contribution in [2.75, 3.05) is 5.32 Å². The van der Waals surface area contributed by atoms with Gasteiger partial charge in [-0.05, 0) is 48.5 Å². The maximum Gasteiger partial charge on any atom is 0.343 e. The van der Waals surface area contributed by atoms with E-state index in [1.54, 1.807) is 0 Å². The number of ether oxygens (including phenoxy) is 1. The molecule has 5 nitrogen and oxygen atoms in total. The molecule has 0 aliphatic rings. The summed E-state index contributed by atoms with van der Waals surface area (Å²) in [6.07, 6.45) is 0. The monoisotopic (exact) mass is 432 g/mol. The summed E-state index contributed by atoms with van der Waals surface area (Å²) in [4.78, 5) is 24.2. The molecule has 156 valence electrons. The third kappa shape index (κ3) is 4.35. The average Bonchev–Trinajstić information content (AvgIpc) is 2.79. The zero-order chi connectivity index (χ0) is 22.7. The summed E-state index contributed by atoms with van der Waals surface area (Å²) < 4.78 is 71.1. The van der Waals surface area contributed by atoms with Crippen LogP contribution in [0.2, 0.25) is 0 Å². The van der Waals surface area contributed by atoms with Crippen LogP contribution in [0.5, 0.6) is 5.75 Å². The normalized spacial score (nSPS) is 10.3. The molecule has 0 bridgehead atoms. The van der Waals surface area contributed by atoms with Crippen molar-refractivity contribution in [2.24, 2.45) is 0 Å². The lowest BCUT2D eigenvalue weighted by Gasteiger charge is -2.09. The van der Waals surface area contributed by atoms with Gasteiger partial charge < -0.3 is 10.1 Å². The van der Waals surface area contributed by atoms with Crippen LogP contribution in [0.15, 0.2) is 48.5 Å². The molecule has 1 N–H and O–H groups in total. The molecule has 0 fully saturated rings. The van der Waals surface area contributed by atoms with Crippen LogP contribution in [0, 0.1) is 40.4 Å². The number of anilines is 1. The van der Waals surface area contributed by atoms with Gasteiger partial charge in [-0.15, -0.1) is 0 Å². The quantitative estimate of drug-likeness (QED) is 0.213. The standard InChI is InChI=1S/C21H9F5N2O3/c22-14-15(23)17(25)19(18(26)16(14)24)31-21(30)12-5-7-13(8-6-12)28-20(29)11-3-1-10(9-27)2-4-11/h1-8H,(H,28,29). The first-order valence-electron chi connectivity index (χ1n) is 8.38. The van der Waals surface area contributed by atoms with E-state index < -0.39 is 46.7 Å². The molecule has 0 atom stereocenters. The average molecular weight is 432 g/mol. The van der Waals surface area contributed by atoms with Gasteiger partial charge in [0.05, 0.1) is 17.2 Å². The molecular weight excluding hydrogens is 423 g/mol. The minimum Gasteiger partial charge on any atom is -0.416 e. The van der Waals surface area contributed by atoms with Crippen molar-refractivity contribution in [3.63, 3.8) is 0 Å². The van der Waals surface area contributed by atoms with Crippen molar-refractivity contribution in [3.8, 4) is 11.8 Å². The molecule has 3 aromatic carbocycles. The van der Waals surface area contributed by atoms with Gasteiger partial charge in [0.25, 0.3) is 5.91 Å². The first-order valence-corrected chi connectivity index (χ1v) is 8.38. The van der Waals surface area contributed by atoms with E-state index in [0.717, 1.165) is 12.1 Å². The molecule has 3 rings (SSSR count). The summed E-state index contributed by atoms with van der Waals surface area (Å²) in [7, 11) is 0. The van der Waals surface area contributed by atoms with Crippen LogP contribution in [-0.2, 0) is 0 Å². The molecule has 3 aromatic rings. The summed E-state index contributed by atoms with van der Waals surface area (Å²) in [5.74, 6) is -15.1. The summed E-state index contributed by atoms with van der Waals surface area (Å²) in [6, 6.07) is 12.4. The minimum atomic E-state index is -2.38. The number of benzene rings is 3. The van der Waals surface area contributed by atoms with E-state index in [1.807, 2.05) is 6.07 Å².